The standard InChI is InChI=1S/C14H19N5/c1-2-16-14(19-15)18-10-8-12-6-3-5-11-7-4-9-17-13(11)12/h3-7,9H,2,8,10,15H2,1H3,(H2,16,18,19). The van der Waals surface area contributed by atoms with Crippen LogP contribution in [0.15, 0.2) is 41.5 Å². The van der Waals surface area contributed by atoms with E-state index in [1.165, 1.54) is 5.56 Å². The summed E-state index contributed by atoms with van der Waals surface area (Å²) in [5.74, 6) is 5.99. The molecule has 1 aromatic carbocycles. The van der Waals surface area contributed by atoms with Gasteiger partial charge in [0, 0.05) is 24.7 Å². The zero-order valence-electron chi connectivity index (χ0n) is 11.1. The first-order valence-electron chi connectivity index (χ1n) is 6.42. The lowest BCUT2D eigenvalue weighted by Gasteiger charge is -2.07. The van der Waals surface area contributed by atoms with Crippen LogP contribution in [0.25, 0.3) is 10.9 Å². The Morgan fingerprint density at radius 1 is 1.32 bits per heavy atom. The number of fused-ring (bicyclic) bond motifs is 1. The molecule has 1 aromatic heterocycles. The third kappa shape index (κ3) is 3.42. The number of aliphatic imine (C=N–C) groups is 1. The molecule has 19 heavy (non-hydrogen) atoms. The number of nitrogens with zero attached hydrogens (tertiary/aromatic N) is 2. The summed E-state index contributed by atoms with van der Waals surface area (Å²) in [6.07, 6.45) is 2.66. The fourth-order valence-corrected chi connectivity index (χ4v) is 1.98. The highest BCUT2D eigenvalue weighted by atomic mass is 15.3. The highest BCUT2D eigenvalue weighted by molar-refractivity contribution is 5.81. The Morgan fingerprint density at radius 2 is 2.16 bits per heavy atom. The van der Waals surface area contributed by atoms with Crippen molar-refractivity contribution in [3.8, 4) is 0 Å². The fraction of sp³-hybridized carbons (Fsp3) is 0.286. The van der Waals surface area contributed by atoms with Crippen molar-refractivity contribution in [3.63, 3.8) is 0 Å². The van der Waals surface area contributed by atoms with E-state index in [2.05, 4.69) is 45.0 Å². The molecule has 0 saturated carbocycles. The van der Waals surface area contributed by atoms with Crippen LogP contribution in [-0.2, 0) is 6.42 Å². The molecular weight excluding hydrogens is 238 g/mol. The van der Waals surface area contributed by atoms with E-state index >= 15 is 0 Å². The van der Waals surface area contributed by atoms with Gasteiger partial charge in [-0.2, -0.15) is 0 Å². The maximum atomic E-state index is 5.37. The average molecular weight is 257 g/mol. The summed E-state index contributed by atoms with van der Waals surface area (Å²) in [5.41, 5.74) is 4.80. The molecule has 0 fully saturated rings. The molecule has 0 atom stereocenters. The zero-order chi connectivity index (χ0) is 13.5. The lowest BCUT2D eigenvalue weighted by molar-refractivity contribution is 0.845. The number of para-hydroxylation sites is 1. The molecule has 0 radical (unpaired) electrons. The first kappa shape index (κ1) is 13.3. The number of rotatable bonds is 4. The maximum Gasteiger partial charge on any atom is 0.205 e. The minimum atomic E-state index is 0.621. The molecule has 0 unspecified atom stereocenters. The summed E-state index contributed by atoms with van der Waals surface area (Å²) in [6.45, 7) is 3.46. The number of guanidine groups is 1. The van der Waals surface area contributed by atoms with E-state index in [0.29, 0.717) is 12.5 Å². The van der Waals surface area contributed by atoms with Gasteiger partial charge in [0.2, 0.25) is 5.96 Å². The van der Waals surface area contributed by atoms with Crippen molar-refractivity contribution in [1.29, 1.82) is 0 Å². The molecule has 0 bridgehead atoms. The molecule has 5 heteroatoms. The number of hydrogen-bond acceptors (Lipinski definition) is 3. The number of benzene rings is 1. The van der Waals surface area contributed by atoms with E-state index in [9.17, 15) is 0 Å². The van der Waals surface area contributed by atoms with Crippen LogP contribution in [0.3, 0.4) is 0 Å². The molecule has 0 aliphatic rings. The normalized spacial score (nSPS) is 11.6. The predicted molar refractivity (Wildman–Crippen MR) is 78.7 cm³/mol. The molecule has 5 nitrogen and oxygen atoms in total. The molecule has 2 rings (SSSR count). The minimum Gasteiger partial charge on any atom is -0.356 e. The summed E-state index contributed by atoms with van der Waals surface area (Å²) < 4.78 is 0. The van der Waals surface area contributed by atoms with Gasteiger partial charge in [0.05, 0.1) is 5.52 Å². The first-order chi connectivity index (χ1) is 9.35. The Morgan fingerprint density at radius 3 is 2.95 bits per heavy atom. The third-order valence-electron chi connectivity index (χ3n) is 2.85. The predicted octanol–water partition coefficient (Wildman–Crippen LogP) is 1.21. The molecule has 0 amide bonds. The Kier molecular flexibility index (Phi) is 4.69. The second-order valence-electron chi connectivity index (χ2n) is 4.15. The smallest absolute Gasteiger partial charge is 0.205 e. The van der Waals surface area contributed by atoms with E-state index in [0.717, 1.165) is 23.9 Å². The Hall–Kier alpha value is -2.14. The van der Waals surface area contributed by atoms with Crippen LogP contribution >= 0.6 is 0 Å². The van der Waals surface area contributed by atoms with Gasteiger partial charge in [-0.3, -0.25) is 15.4 Å². The summed E-state index contributed by atoms with van der Waals surface area (Å²) in [7, 11) is 0. The molecule has 0 saturated heterocycles. The number of aromatic nitrogens is 1. The van der Waals surface area contributed by atoms with Gasteiger partial charge < -0.3 is 5.32 Å². The van der Waals surface area contributed by atoms with E-state index < -0.39 is 0 Å². The number of nitrogens with one attached hydrogen (secondary N) is 2. The van der Waals surface area contributed by atoms with Gasteiger partial charge in [0.25, 0.3) is 0 Å². The minimum absolute atomic E-state index is 0.621. The lowest BCUT2D eigenvalue weighted by atomic mass is 10.1. The quantitative estimate of drug-likeness (QED) is 0.333. The molecular formula is C14H19N5. The monoisotopic (exact) mass is 257 g/mol. The highest BCUT2D eigenvalue weighted by Crippen LogP contribution is 2.16. The van der Waals surface area contributed by atoms with Gasteiger partial charge in [-0.1, -0.05) is 24.3 Å². The number of hydrogen-bond donors (Lipinski definition) is 3. The van der Waals surface area contributed by atoms with E-state index in [-0.39, 0.29) is 0 Å². The summed E-state index contributed by atoms with van der Waals surface area (Å²) >= 11 is 0. The van der Waals surface area contributed by atoms with Crippen LogP contribution in [0, 0.1) is 0 Å². The fourth-order valence-electron chi connectivity index (χ4n) is 1.98. The van der Waals surface area contributed by atoms with Crippen LogP contribution in [0.1, 0.15) is 12.5 Å². The number of pyridine rings is 1. The van der Waals surface area contributed by atoms with Gasteiger partial charge in [-0.15, -0.1) is 0 Å². The van der Waals surface area contributed by atoms with Crippen molar-refractivity contribution in [2.75, 3.05) is 13.1 Å². The van der Waals surface area contributed by atoms with Crippen molar-refractivity contribution in [2.45, 2.75) is 13.3 Å². The van der Waals surface area contributed by atoms with E-state index in [1.807, 2.05) is 19.2 Å². The second kappa shape index (κ2) is 6.70. The Labute approximate surface area is 112 Å². The third-order valence-corrected chi connectivity index (χ3v) is 2.85. The van der Waals surface area contributed by atoms with Gasteiger partial charge in [0.1, 0.15) is 0 Å². The Bertz CT molecular complexity index is 559. The summed E-state index contributed by atoms with van der Waals surface area (Å²) in [6, 6.07) is 10.2. The van der Waals surface area contributed by atoms with Crippen molar-refractivity contribution in [1.82, 2.24) is 15.7 Å². The zero-order valence-corrected chi connectivity index (χ0v) is 11.1. The van der Waals surface area contributed by atoms with Crippen molar-refractivity contribution < 1.29 is 0 Å². The molecule has 4 N–H and O–H groups in total. The SMILES string of the molecule is CCNC(=NCCc1cccc2cccnc12)NN. The van der Waals surface area contributed by atoms with E-state index in [4.69, 9.17) is 5.84 Å². The topological polar surface area (TPSA) is 75.3 Å². The first-order valence-corrected chi connectivity index (χ1v) is 6.42. The van der Waals surface area contributed by atoms with Gasteiger partial charge in [-0.25, -0.2) is 5.84 Å². The van der Waals surface area contributed by atoms with Crippen LogP contribution in [-0.4, -0.2) is 24.0 Å². The highest BCUT2D eigenvalue weighted by Gasteiger charge is 2.01. The van der Waals surface area contributed by atoms with E-state index in [1.54, 1.807) is 0 Å². The van der Waals surface area contributed by atoms with Gasteiger partial charge in [0.15, 0.2) is 0 Å². The molecule has 100 valence electrons. The van der Waals surface area contributed by atoms with Crippen molar-refractivity contribution >= 4 is 16.9 Å². The molecule has 0 aliphatic heterocycles. The van der Waals surface area contributed by atoms with Crippen LogP contribution in [0.2, 0.25) is 0 Å². The largest absolute Gasteiger partial charge is 0.356 e. The maximum absolute atomic E-state index is 5.37. The molecule has 0 aliphatic carbocycles. The van der Waals surface area contributed by atoms with Crippen molar-refractivity contribution in [2.24, 2.45) is 10.8 Å². The van der Waals surface area contributed by atoms with Gasteiger partial charge >= 0.3 is 0 Å². The number of nitrogens with two attached hydrogens (primary N) is 1. The van der Waals surface area contributed by atoms with Crippen LogP contribution in [0.5, 0.6) is 0 Å². The van der Waals surface area contributed by atoms with Crippen molar-refractivity contribution in [3.05, 3.63) is 42.1 Å². The van der Waals surface area contributed by atoms with Crippen LogP contribution in [0.4, 0.5) is 0 Å². The summed E-state index contributed by atoms with van der Waals surface area (Å²) in [4.78, 5) is 8.81. The Balaban J connectivity index is 2.09. The number of hydrazine groups is 1. The lowest BCUT2D eigenvalue weighted by Crippen LogP contribution is -2.41. The molecule has 0 spiro atoms. The second-order valence-corrected chi connectivity index (χ2v) is 4.15. The molecule has 2 aromatic rings. The molecule has 1 heterocycles. The average Bonchev–Trinajstić information content (AvgIpc) is 2.46. The summed E-state index contributed by atoms with van der Waals surface area (Å²) in [5, 5.41) is 4.21. The van der Waals surface area contributed by atoms with Gasteiger partial charge in [-0.05, 0) is 25.0 Å². The van der Waals surface area contributed by atoms with Crippen LogP contribution < -0.4 is 16.6 Å².